The molecule has 0 amide bonds. The number of fused-ring (bicyclic) bond motifs is 1. The Balaban J connectivity index is 0.00000100. The Morgan fingerprint density at radius 1 is 1.33 bits per heavy atom. The van der Waals surface area contributed by atoms with Crippen molar-refractivity contribution in [2.24, 2.45) is 5.92 Å². The van der Waals surface area contributed by atoms with Crippen molar-refractivity contribution in [1.29, 1.82) is 0 Å². The zero-order valence-corrected chi connectivity index (χ0v) is 15.0. The van der Waals surface area contributed by atoms with E-state index in [4.69, 9.17) is 0 Å². The third-order valence-corrected chi connectivity index (χ3v) is 4.36. The summed E-state index contributed by atoms with van der Waals surface area (Å²) in [5.41, 5.74) is 3.52. The first-order valence-electron chi connectivity index (χ1n) is 8.64. The number of aromatic amines is 1. The summed E-state index contributed by atoms with van der Waals surface area (Å²) in [5, 5.41) is 11.9. The summed E-state index contributed by atoms with van der Waals surface area (Å²) in [7, 11) is 4.22. The number of H-pyrrole nitrogens is 1. The van der Waals surface area contributed by atoms with E-state index < -0.39 is 0 Å². The van der Waals surface area contributed by atoms with Gasteiger partial charge in [-0.3, -0.25) is 10.1 Å². The van der Waals surface area contributed by atoms with Crippen LogP contribution in [0.4, 0.5) is 5.69 Å². The average Bonchev–Trinajstić information content (AvgIpc) is 3.00. The highest BCUT2D eigenvalue weighted by molar-refractivity contribution is 5.94. The molecule has 1 aromatic heterocycles. The Morgan fingerprint density at radius 3 is 2.67 bits per heavy atom. The molecule has 1 N–H and O–H groups in total. The minimum absolute atomic E-state index is 0.148. The van der Waals surface area contributed by atoms with Crippen molar-refractivity contribution in [2.75, 3.05) is 20.6 Å². The first-order chi connectivity index (χ1) is 11.5. The summed E-state index contributed by atoms with van der Waals surface area (Å²) in [6, 6.07) is 5.01. The molecule has 1 aromatic carbocycles. The van der Waals surface area contributed by atoms with E-state index in [-0.39, 0.29) is 10.6 Å². The van der Waals surface area contributed by atoms with Gasteiger partial charge in [-0.1, -0.05) is 19.9 Å². The van der Waals surface area contributed by atoms with Crippen LogP contribution in [0.3, 0.4) is 0 Å². The zero-order chi connectivity index (χ0) is 17.7. The van der Waals surface area contributed by atoms with E-state index in [1.807, 2.05) is 20.0 Å². The molecule has 1 aliphatic carbocycles. The zero-order valence-electron chi connectivity index (χ0n) is 15.0. The molecule has 1 unspecified atom stereocenters. The highest BCUT2D eigenvalue weighted by Gasteiger charge is 2.19. The van der Waals surface area contributed by atoms with Crippen LogP contribution < -0.4 is 0 Å². The van der Waals surface area contributed by atoms with Crippen molar-refractivity contribution in [1.82, 2.24) is 9.88 Å². The van der Waals surface area contributed by atoms with Crippen molar-refractivity contribution >= 4 is 22.2 Å². The van der Waals surface area contributed by atoms with Gasteiger partial charge in [0, 0.05) is 41.3 Å². The van der Waals surface area contributed by atoms with Gasteiger partial charge in [0.2, 0.25) is 0 Å². The third kappa shape index (κ3) is 4.03. The van der Waals surface area contributed by atoms with Gasteiger partial charge in [0.05, 0.1) is 4.92 Å². The fourth-order valence-electron chi connectivity index (χ4n) is 3.30. The monoisotopic (exact) mass is 329 g/mol. The maximum absolute atomic E-state index is 11.0. The lowest BCUT2D eigenvalue weighted by atomic mass is 9.86. The molecule has 0 fully saturated rings. The molecule has 5 heteroatoms. The number of nitrogens with zero attached hydrogens (tertiary/aromatic N) is 2. The van der Waals surface area contributed by atoms with Gasteiger partial charge in [0.15, 0.2) is 0 Å². The van der Waals surface area contributed by atoms with Gasteiger partial charge < -0.3 is 9.88 Å². The molecule has 0 spiro atoms. The van der Waals surface area contributed by atoms with Crippen molar-refractivity contribution in [2.45, 2.75) is 33.1 Å². The summed E-state index contributed by atoms with van der Waals surface area (Å²) in [6.45, 7) is 5.11. The van der Waals surface area contributed by atoms with E-state index in [0.717, 1.165) is 35.9 Å². The molecule has 24 heavy (non-hydrogen) atoms. The molecule has 130 valence electrons. The second kappa shape index (κ2) is 8.11. The second-order valence-corrected chi connectivity index (χ2v) is 6.32. The number of non-ortho nitro benzene ring substituents is 1. The molecule has 1 atom stereocenters. The van der Waals surface area contributed by atoms with Crippen molar-refractivity contribution in [3.8, 4) is 0 Å². The first-order valence-corrected chi connectivity index (χ1v) is 8.64. The summed E-state index contributed by atoms with van der Waals surface area (Å²) in [5.74, 6) is 0.707. The van der Waals surface area contributed by atoms with Gasteiger partial charge in [-0.2, -0.15) is 0 Å². The lowest BCUT2D eigenvalue weighted by Gasteiger charge is -2.24. The minimum atomic E-state index is -0.335. The topological polar surface area (TPSA) is 62.2 Å². The van der Waals surface area contributed by atoms with Crippen LogP contribution in [0.5, 0.6) is 0 Å². The van der Waals surface area contributed by atoms with Gasteiger partial charge in [-0.25, -0.2) is 0 Å². The maximum atomic E-state index is 11.0. The number of rotatable bonds is 4. The van der Waals surface area contributed by atoms with E-state index in [1.165, 1.54) is 12.0 Å². The molecular weight excluding hydrogens is 302 g/mol. The van der Waals surface area contributed by atoms with Gasteiger partial charge in [-0.05, 0) is 50.9 Å². The number of nitro benzene ring substituents is 1. The summed E-state index contributed by atoms with van der Waals surface area (Å²) in [6.07, 6.45) is 7.57. The standard InChI is InChI=1S/C17H21N3O2.C2H6/c1-19(2)11-12-3-5-13(6-4-12)16-10-18-17-8-7-14(20(21)22)9-15(16)17;1-2/h5,7-10,12,18H,3-4,6,11H2,1-2H3;1-2H3. The lowest BCUT2D eigenvalue weighted by Crippen LogP contribution is -2.22. The van der Waals surface area contributed by atoms with Crippen LogP contribution in [-0.4, -0.2) is 35.4 Å². The quantitative estimate of drug-likeness (QED) is 0.644. The Kier molecular flexibility index (Phi) is 6.15. The van der Waals surface area contributed by atoms with Crippen LogP contribution in [-0.2, 0) is 0 Å². The summed E-state index contributed by atoms with van der Waals surface area (Å²) >= 11 is 0. The van der Waals surface area contributed by atoms with Crippen molar-refractivity contribution < 1.29 is 4.92 Å². The minimum Gasteiger partial charge on any atom is -0.361 e. The molecule has 0 radical (unpaired) electrons. The Morgan fingerprint density at radius 2 is 2.08 bits per heavy atom. The van der Waals surface area contributed by atoms with E-state index in [0.29, 0.717) is 5.92 Å². The van der Waals surface area contributed by atoms with Crippen LogP contribution in [0.2, 0.25) is 0 Å². The smallest absolute Gasteiger partial charge is 0.270 e. The summed E-state index contributed by atoms with van der Waals surface area (Å²) in [4.78, 5) is 16.1. The molecule has 0 aliphatic heterocycles. The van der Waals surface area contributed by atoms with Crippen LogP contribution >= 0.6 is 0 Å². The molecule has 2 aromatic rings. The molecule has 0 bridgehead atoms. The maximum Gasteiger partial charge on any atom is 0.270 e. The normalized spacial score (nSPS) is 17.4. The van der Waals surface area contributed by atoms with Crippen LogP contribution in [0.15, 0.2) is 30.5 Å². The van der Waals surface area contributed by atoms with Gasteiger partial charge in [0.25, 0.3) is 5.69 Å². The first kappa shape index (κ1) is 18.2. The number of nitrogens with one attached hydrogen (secondary N) is 1. The highest BCUT2D eigenvalue weighted by atomic mass is 16.6. The van der Waals surface area contributed by atoms with E-state index in [9.17, 15) is 10.1 Å². The highest BCUT2D eigenvalue weighted by Crippen LogP contribution is 2.35. The summed E-state index contributed by atoms with van der Waals surface area (Å²) < 4.78 is 0. The van der Waals surface area contributed by atoms with E-state index >= 15 is 0 Å². The van der Waals surface area contributed by atoms with Crippen LogP contribution in [0.25, 0.3) is 16.5 Å². The van der Waals surface area contributed by atoms with Crippen LogP contribution in [0, 0.1) is 16.0 Å². The molecule has 5 nitrogen and oxygen atoms in total. The predicted molar refractivity (Wildman–Crippen MR) is 100 cm³/mol. The number of hydrogen-bond acceptors (Lipinski definition) is 3. The molecule has 3 rings (SSSR count). The third-order valence-electron chi connectivity index (χ3n) is 4.36. The SMILES string of the molecule is CC.CN(C)CC1CC=C(c2c[nH]c3ccc([N+](=O)[O-])cc23)CC1. The van der Waals surface area contributed by atoms with Crippen molar-refractivity contribution in [3.05, 3.63) is 46.1 Å². The molecule has 0 saturated heterocycles. The average molecular weight is 329 g/mol. The number of nitro groups is 1. The number of hydrogen-bond donors (Lipinski definition) is 1. The number of aromatic nitrogens is 1. The fraction of sp³-hybridized carbons (Fsp3) is 0.474. The Bertz CT molecular complexity index is 731. The molecule has 1 heterocycles. The van der Waals surface area contributed by atoms with Gasteiger partial charge in [0.1, 0.15) is 0 Å². The Hall–Kier alpha value is -2.14. The Labute approximate surface area is 143 Å². The second-order valence-electron chi connectivity index (χ2n) is 6.32. The predicted octanol–water partition coefficient (Wildman–Crippen LogP) is 4.85. The van der Waals surface area contributed by atoms with Gasteiger partial charge >= 0.3 is 0 Å². The van der Waals surface area contributed by atoms with E-state index in [1.54, 1.807) is 18.2 Å². The number of allylic oxidation sites excluding steroid dienone is 2. The molecule has 1 aliphatic rings. The lowest BCUT2D eigenvalue weighted by molar-refractivity contribution is -0.384. The van der Waals surface area contributed by atoms with Gasteiger partial charge in [-0.15, -0.1) is 0 Å². The van der Waals surface area contributed by atoms with E-state index in [2.05, 4.69) is 30.1 Å². The largest absolute Gasteiger partial charge is 0.361 e. The molecular formula is C19H27N3O2. The molecule has 0 saturated carbocycles. The van der Waals surface area contributed by atoms with Crippen LogP contribution in [0.1, 0.15) is 38.7 Å². The fourth-order valence-corrected chi connectivity index (χ4v) is 3.30. The number of benzene rings is 1. The van der Waals surface area contributed by atoms with Crippen molar-refractivity contribution in [3.63, 3.8) is 0 Å².